The van der Waals surface area contributed by atoms with E-state index in [1.807, 2.05) is 30.3 Å². The van der Waals surface area contributed by atoms with Crippen molar-refractivity contribution in [2.45, 2.75) is 149 Å². The molecule has 1 aromatic carbocycles. The monoisotopic (exact) mass is 460 g/mol. The number of para-hydroxylation sites is 1. The first-order valence-electron chi connectivity index (χ1n) is 14.1. The molecule has 1 aromatic rings. The molecule has 3 heteroatoms. The third kappa shape index (κ3) is 19.6. The van der Waals surface area contributed by atoms with Crippen molar-refractivity contribution in [3.63, 3.8) is 0 Å². The summed E-state index contributed by atoms with van der Waals surface area (Å²) in [5, 5.41) is 0. The lowest BCUT2D eigenvalue weighted by molar-refractivity contribution is -0.161. The molecule has 1 unspecified atom stereocenters. The van der Waals surface area contributed by atoms with Crippen molar-refractivity contribution in [3.05, 3.63) is 30.3 Å². The highest BCUT2D eigenvalue weighted by Gasteiger charge is 2.10. The summed E-state index contributed by atoms with van der Waals surface area (Å²) in [7, 11) is 0. The zero-order valence-corrected chi connectivity index (χ0v) is 21.8. The normalized spacial score (nSPS) is 11.9. The van der Waals surface area contributed by atoms with Crippen molar-refractivity contribution in [1.82, 2.24) is 0 Å². The third-order valence-electron chi connectivity index (χ3n) is 6.33. The summed E-state index contributed by atoms with van der Waals surface area (Å²) in [6.07, 6.45) is 25.7. The maximum absolute atomic E-state index is 11.9. The van der Waals surface area contributed by atoms with Crippen LogP contribution in [0.15, 0.2) is 30.3 Å². The molecule has 190 valence electrons. The minimum atomic E-state index is -0.541. The number of ether oxygens (including phenoxy) is 2. The Morgan fingerprint density at radius 3 is 1.45 bits per heavy atom. The van der Waals surface area contributed by atoms with E-state index in [1.165, 1.54) is 109 Å². The molecule has 33 heavy (non-hydrogen) atoms. The Morgan fingerprint density at radius 2 is 1.03 bits per heavy atom. The molecule has 0 heterocycles. The SMILES string of the molecule is CCCCCCCCCCCCCCCCCCCCCC(=O)OC(C)Oc1ccccc1. The average molecular weight is 461 g/mol. The van der Waals surface area contributed by atoms with E-state index in [2.05, 4.69) is 6.92 Å². The molecule has 0 aliphatic rings. The first kappa shape index (κ1) is 29.5. The highest BCUT2D eigenvalue weighted by molar-refractivity contribution is 5.69. The van der Waals surface area contributed by atoms with Crippen LogP contribution >= 0.6 is 0 Å². The van der Waals surface area contributed by atoms with Gasteiger partial charge >= 0.3 is 5.97 Å². The molecule has 0 fully saturated rings. The van der Waals surface area contributed by atoms with Crippen LogP contribution in [0.5, 0.6) is 5.75 Å². The van der Waals surface area contributed by atoms with Crippen LogP contribution in [0.25, 0.3) is 0 Å². The molecule has 3 nitrogen and oxygen atoms in total. The van der Waals surface area contributed by atoms with Crippen LogP contribution in [0.3, 0.4) is 0 Å². The quantitative estimate of drug-likeness (QED) is 0.0925. The molecule has 1 atom stereocenters. The Hall–Kier alpha value is -1.51. The van der Waals surface area contributed by atoms with Gasteiger partial charge in [-0.1, -0.05) is 141 Å². The first-order chi connectivity index (χ1) is 16.2. The second-order valence-corrected chi connectivity index (χ2v) is 9.60. The van der Waals surface area contributed by atoms with Crippen LogP contribution in [0.2, 0.25) is 0 Å². The topological polar surface area (TPSA) is 35.5 Å². The Kier molecular flexibility index (Phi) is 19.9. The van der Waals surface area contributed by atoms with E-state index in [-0.39, 0.29) is 5.97 Å². The maximum atomic E-state index is 11.9. The molecule has 0 saturated heterocycles. The van der Waals surface area contributed by atoms with Crippen molar-refractivity contribution in [1.29, 1.82) is 0 Å². The molecule has 0 spiro atoms. The van der Waals surface area contributed by atoms with Gasteiger partial charge in [-0.15, -0.1) is 0 Å². The molecule has 0 saturated carbocycles. The summed E-state index contributed by atoms with van der Waals surface area (Å²) in [4.78, 5) is 11.9. The summed E-state index contributed by atoms with van der Waals surface area (Å²) >= 11 is 0. The van der Waals surface area contributed by atoms with E-state index < -0.39 is 6.29 Å². The van der Waals surface area contributed by atoms with Crippen molar-refractivity contribution in [3.8, 4) is 5.75 Å². The fourth-order valence-corrected chi connectivity index (χ4v) is 4.31. The van der Waals surface area contributed by atoms with Gasteiger partial charge in [0.15, 0.2) is 0 Å². The van der Waals surface area contributed by atoms with E-state index in [9.17, 15) is 4.79 Å². The van der Waals surface area contributed by atoms with Crippen molar-refractivity contribution >= 4 is 5.97 Å². The van der Waals surface area contributed by atoms with Gasteiger partial charge in [0.05, 0.1) is 0 Å². The number of hydrogen-bond acceptors (Lipinski definition) is 3. The smallest absolute Gasteiger partial charge is 0.308 e. The fraction of sp³-hybridized carbons (Fsp3) is 0.767. The molecular weight excluding hydrogens is 408 g/mol. The second kappa shape index (κ2) is 22.3. The average Bonchev–Trinajstić information content (AvgIpc) is 2.81. The van der Waals surface area contributed by atoms with Crippen LogP contribution in [-0.2, 0) is 9.53 Å². The van der Waals surface area contributed by atoms with E-state index in [0.717, 1.165) is 18.6 Å². The van der Waals surface area contributed by atoms with Crippen LogP contribution in [0, 0.1) is 0 Å². The predicted octanol–water partition coefficient (Wildman–Crippen LogP) is 9.78. The Balaban J connectivity index is 1.77. The van der Waals surface area contributed by atoms with Gasteiger partial charge in [0, 0.05) is 13.3 Å². The van der Waals surface area contributed by atoms with Gasteiger partial charge in [-0.2, -0.15) is 0 Å². The first-order valence-corrected chi connectivity index (χ1v) is 14.1. The number of rotatable bonds is 23. The summed E-state index contributed by atoms with van der Waals surface area (Å²) in [5.41, 5.74) is 0. The minimum Gasteiger partial charge on any atom is -0.455 e. The van der Waals surface area contributed by atoms with Gasteiger partial charge in [-0.3, -0.25) is 4.79 Å². The highest BCUT2D eigenvalue weighted by atomic mass is 16.7. The molecule has 1 rings (SSSR count). The standard InChI is InChI=1S/C30H52O3/c1-3-4-5-6-7-8-9-10-11-12-13-14-15-16-17-18-19-20-24-27-30(31)33-28(2)32-29-25-22-21-23-26-29/h21-23,25-26,28H,3-20,24,27H2,1-2H3. The maximum Gasteiger partial charge on any atom is 0.308 e. The molecule has 0 amide bonds. The van der Waals surface area contributed by atoms with Crippen LogP contribution in [-0.4, -0.2) is 12.3 Å². The molecule has 0 bridgehead atoms. The van der Waals surface area contributed by atoms with E-state index in [1.54, 1.807) is 6.92 Å². The van der Waals surface area contributed by atoms with Gasteiger partial charge in [-0.05, 0) is 18.6 Å². The van der Waals surface area contributed by atoms with Crippen molar-refractivity contribution in [2.75, 3.05) is 0 Å². The predicted molar refractivity (Wildman–Crippen MR) is 141 cm³/mol. The van der Waals surface area contributed by atoms with E-state index in [4.69, 9.17) is 9.47 Å². The lowest BCUT2D eigenvalue weighted by Crippen LogP contribution is -2.20. The van der Waals surface area contributed by atoms with E-state index in [0.29, 0.717) is 6.42 Å². The molecule has 0 aromatic heterocycles. The molecule has 0 N–H and O–H groups in total. The van der Waals surface area contributed by atoms with Gasteiger partial charge in [0.2, 0.25) is 6.29 Å². The summed E-state index contributed by atoms with van der Waals surface area (Å²) in [6, 6.07) is 9.47. The number of benzene rings is 1. The zero-order valence-electron chi connectivity index (χ0n) is 21.8. The Morgan fingerprint density at radius 1 is 0.636 bits per heavy atom. The summed E-state index contributed by atoms with van der Waals surface area (Å²) in [6.45, 7) is 4.05. The van der Waals surface area contributed by atoms with Gasteiger partial charge in [0.25, 0.3) is 0 Å². The van der Waals surface area contributed by atoms with Crippen LogP contribution in [0.1, 0.15) is 142 Å². The number of hydrogen-bond donors (Lipinski definition) is 0. The lowest BCUT2D eigenvalue weighted by atomic mass is 10.0. The lowest BCUT2D eigenvalue weighted by Gasteiger charge is -2.15. The zero-order chi connectivity index (χ0) is 23.8. The van der Waals surface area contributed by atoms with Crippen molar-refractivity contribution in [2.24, 2.45) is 0 Å². The molecule has 0 aliphatic carbocycles. The molecule has 0 radical (unpaired) electrons. The highest BCUT2D eigenvalue weighted by Crippen LogP contribution is 2.15. The summed E-state index contributed by atoms with van der Waals surface area (Å²) < 4.78 is 10.9. The van der Waals surface area contributed by atoms with Crippen LogP contribution < -0.4 is 4.74 Å². The van der Waals surface area contributed by atoms with Crippen molar-refractivity contribution < 1.29 is 14.3 Å². The Bertz CT molecular complexity index is 543. The fourth-order valence-electron chi connectivity index (χ4n) is 4.31. The summed E-state index contributed by atoms with van der Waals surface area (Å²) in [5.74, 6) is 0.562. The minimum absolute atomic E-state index is 0.162. The third-order valence-corrected chi connectivity index (χ3v) is 6.33. The number of unbranched alkanes of at least 4 members (excludes halogenated alkanes) is 18. The molecule has 0 aliphatic heterocycles. The largest absolute Gasteiger partial charge is 0.455 e. The number of esters is 1. The van der Waals surface area contributed by atoms with Gasteiger partial charge in [-0.25, -0.2) is 0 Å². The van der Waals surface area contributed by atoms with E-state index >= 15 is 0 Å². The molecular formula is C30H52O3. The van der Waals surface area contributed by atoms with Gasteiger partial charge < -0.3 is 9.47 Å². The Labute approximate surface area is 205 Å². The second-order valence-electron chi connectivity index (χ2n) is 9.60. The van der Waals surface area contributed by atoms with Gasteiger partial charge in [0.1, 0.15) is 5.75 Å². The number of carbonyl (C=O) groups is 1. The number of carbonyl (C=O) groups excluding carboxylic acids is 1. The van der Waals surface area contributed by atoms with Crippen LogP contribution in [0.4, 0.5) is 0 Å².